The van der Waals surface area contributed by atoms with Gasteiger partial charge in [-0.05, 0) is 61.1 Å². The van der Waals surface area contributed by atoms with Crippen molar-refractivity contribution in [2.45, 2.75) is 44.1 Å². The second kappa shape index (κ2) is 11.7. The number of allylic oxidation sites excluding steroid dienone is 1. The van der Waals surface area contributed by atoms with Crippen molar-refractivity contribution >= 4 is 40.9 Å². The van der Waals surface area contributed by atoms with Crippen molar-refractivity contribution < 1.29 is 19.1 Å². The number of anilines is 2. The van der Waals surface area contributed by atoms with Crippen LogP contribution in [-0.2, 0) is 14.3 Å². The van der Waals surface area contributed by atoms with E-state index in [4.69, 9.17) is 11.6 Å². The number of imidazole rings is 1. The summed E-state index contributed by atoms with van der Waals surface area (Å²) >= 11 is 6.19. The number of carbonyl (C=O) groups excluding carboxylic acids is 3. The second-order valence-electron chi connectivity index (χ2n) is 9.70. The Morgan fingerprint density at radius 2 is 2.05 bits per heavy atom. The largest absolute Gasteiger partial charge is 0.453 e. The zero-order valence-electron chi connectivity index (χ0n) is 21.6. The summed E-state index contributed by atoms with van der Waals surface area (Å²) < 4.78 is 4.68. The minimum Gasteiger partial charge on any atom is -0.453 e. The topological polar surface area (TPSA) is 116 Å². The lowest BCUT2D eigenvalue weighted by atomic mass is 9.88. The lowest BCUT2D eigenvalue weighted by Gasteiger charge is -2.36. The Hall–Kier alpha value is -4.11. The van der Waals surface area contributed by atoms with Crippen molar-refractivity contribution in [2.24, 2.45) is 0 Å². The van der Waals surface area contributed by atoms with Crippen molar-refractivity contribution in [3.63, 3.8) is 0 Å². The summed E-state index contributed by atoms with van der Waals surface area (Å²) in [7, 11) is 1.29. The van der Waals surface area contributed by atoms with Crippen molar-refractivity contribution in [1.82, 2.24) is 14.9 Å². The van der Waals surface area contributed by atoms with Gasteiger partial charge in [0.1, 0.15) is 5.82 Å². The molecule has 3 aromatic rings. The van der Waals surface area contributed by atoms with Crippen LogP contribution in [0.2, 0.25) is 5.02 Å². The van der Waals surface area contributed by atoms with Gasteiger partial charge in [0.25, 0.3) is 0 Å². The number of halogens is 1. The van der Waals surface area contributed by atoms with Crippen LogP contribution in [0, 0.1) is 0 Å². The molecule has 0 radical (unpaired) electrons. The number of aromatic amines is 1. The average Bonchev–Trinajstić information content (AvgIpc) is 3.40. The number of fused-ring (bicyclic) bond motifs is 4. The molecular weight excluding hydrogens is 518 g/mol. The Balaban J connectivity index is 1.43. The molecule has 2 atom stereocenters. The number of amides is 3. The molecule has 1 fully saturated rings. The molecule has 202 valence electrons. The van der Waals surface area contributed by atoms with E-state index in [9.17, 15) is 14.4 Å². The molecule has 3 amide bonds. The van der Waals surface area contributed by atoms with Crippen molar-refractivity contribution in [3.8, 4) is 11.3 Å². The van der Waals surface area contributed by atoms with Gasteiger partial charge in [-0.1, -0.05) is 35.9 Å². The maximum Gasteiger partial charge on any atom is 0.411 e. The fourth-order valence-electron chi connectivity index (χ4n) is 5.15. The maximum atomic E-state index is 13.4. The lowest BCUT2D eigenvalue weighted by molar-refractivity contribution is -0.136. The molecule has 3 heterocycles. The van der Waals surface area contributed by atoms with Crippen LogP contribution >= 0.6 is 11.6 Å². The van der Waals surface area contributed by atoms with E-state index >= 15 is 0 Å². The molecule has 10 heteroatoms. The number of ether oxygens (including phenoxy) is 1. The molecule has 2 aromatic carbocycles. The molecule has 1 aromatic heterocycles. The molecule has 0 saturated carbocycles. The number of hydrogen-bond acceptors (Lipinski definition) is 5. The first-order valence-electron chi connectivity index (χ1n) is 13.0. The van der Waals surface area contributed by atoms with E-state index in [0.717, 1.165) is 17.5 Å². The molecule has 2 unspecified atom stereocenters. The van der Waals surface area contributed by atoms with Gasteiger partial charge in [0.05, 0.1) is 30.7 Å². The van der Waals surface area contributed by atoms with E-state index in [2.05, 4.69) is 25.3 Å². The summed E-state index contributed by atoms with van der Waals surface area (Å²) in [6.07, 6.45) is 7.76. The Morgan fingerprint density at radius 1 is 1.18 bits per heavy atom. The van der Waals surface area contributed by atoms with E-state index in [1.54, 1.807) is 24.4 Å². The summed E-state index contributed by atoms with van der Waals surface area (Å²) in [5, 5.41) is 6.25. The zero-order valence-corrected chi connectivity index (χ0v) is 22.3. The molecule has 5 rings (SSSR count). The molecule has 0 aliphatic carbocycles. The first-order valence-corrected chi connectivity index (χ1v) is 13.3. The van der Waals surface area contributed by atoms with E-state index in [1.165, 1.54) is 7.11 Å². The van der Waals surface area contributed by atoms with E-state index in [-0.39, 0.29) is 23.8 Å². The van der Waals surface area contributed by atoms with Crippen LogP contribution in [0.25, 0.3) is 11.3 Å². The third-order valence-corrected chi connectivity index (χ3v) is 7.38. The number of piperidine rings is 1. The summed E-state index contributed by atoms with van der Waals surface area (Å²) in [6.45, 7) is 0.601. The number of carbonyl (C=O) groups is 3. The minimum atomic E-state index is -0.605. The molecule has 9 nitrogen and oxygen atoms in total. The molecule has 1 saturated heterocycles. The van der Waals surface area contributed by atoms with Gasteiger partial charge in [-0.25, -0.2) is 9.78 Å². The highest BCUT2D eigenvalue weighted by molar-refractivity contribution is 6.30. The van der Waals surface area contributed by atoms with Crippen LogP contribution in [0.3, 0.4) is 0 Å². The van der Waals surface area contributed by atoms with Crippen LogP contribution in [-0.4, -0.2) is 46.4 Å². The van der Waals surface area contributed by atoms with Crippen LogP contribution in [0.15, 0.2) is 60.8 Å². The number of rotatable bonds is 3. The summed E-state index contributed by atoms with van der Waals surface area (Å²) in [5.74, 6) is 0.728. The maximum absolute atomic E-state index is 13.4. The number of hydrogen-bond donors (Lipinski definition) is 3. The lowest BCUT2D eigenvalue weighted by Crippen LogP contribution is -2.41. The van der Waals surface area contributed by atoms with Gasteiger partial charge < -0.3 is 19.9 Å². The quantitative estimate of drug-likeness (QED) is 0.346. The number of nitrogens with zero attached hydrogens (tertiary/aromatic N) is 2. The minimum absolute atomic E-state index is 0.0719. The van der Waals surface area contributed by atoms with E-state index in [0.29, 0.717) is 60.1 Å². The zero-order chi connectivity index (χ0) is 27.4. The Bertz CT molecular complexity index is 1420. The second-order valence-corrected chi connectivity index (χ2v) is 10.1. The van der Waals surface area contributed by atoms with Gasteiger partial charge in [-0.2, -0.15) is 0 Å². The molecule has 2 aliphatic rings. The van der Waals surface area contributed by atoms with Gasteiger partial charge in [0.15, 0.2) is 0 Å². The highest BCUT2D eigenvalue weighted by Crippen LogP contribution is 2.36. The smallest absolute Gasteiger partial charge is 0.411 e. The summed E-state index contributed by atoms with van der Waals surface area (Å²) in [4.78, 5) is 47.8. The number of methoxy groups -OCH3 is 1. The number of aromatic nitrogens is 2. The van der Waals surface area contributed by atoms with Gasteiger partial charge >= 0.3 is 6.09 Å². The van der Waals surface area contributed by atoms with Gasteiger partial charge in [-0.3, -0.25) is 14.9 Å². The molecule has 3 N–H and O–H groups in total. The standard InChI is InChI=1S/C29H30ClN5O4/c1-39-29(38)32-21-10-11-22-23(16-21)33-26(36)9-4-2-3-8-25(28-31-17-24(22)34-28)35-13-12-19(15-27(35)37)18-6-5-7-20(30)14-18/h2-3,5-7,10-11,14,16-17,19,25H,4,8-9,12-13,15H2,1H3,(H,31,34)(H,32,38)(H,33,36)/b3-2+. The molecule has 0 spiro atoms. The van der Waals surface area contributed by atoms with Gasteiger partial charge in [0, 0.05) is 35.7 Å². The predicted molar refractivity (Wildman–Crippen MR) is 150 cm³/mol. The van der Waals surface area contributed by atoms with E-state index in [1.807, 2.05) is 41.3 Å². The van der Waals surface area contributed by atoms with Crippen molar-refractivity contribution in [2.75, 3.05) is 24.3 Å². The van der Waals surface area contributed by atoms with Gasteiger partial charge in [0.2, 0.25) is 11.8 Å². The van der Waals surface area contributed by atoms with Crippen LogP contribution in [0.5, 0.6) is 0 Å². The summed E-state index contributed by atoms with van der Waals surface area (Å²) in [6, 6.07) is 12.7. The van der Waals surface area contributed by atoms with E-state index < -0.39 is 6.09 Å². The van der Waals surface area contributed by atoms with Gasteiger partial charge in [-0.15, -0.1) is 0 Å². The Kier molecular flexibility index (Phi) is 7.97. The monoisotopic (exact) mass is 547 g/mol. The van der Waals surface area contributed by atoms with Crippen molar-refractivity contribution in [3.05, 3.63) is 77.2 Å². The molecule has 2 aliphatic heterocycles. The fourth-order valence-corrected chi connectivity index (χ4v) is 5.35. The third kappa shape index (κ3) is 6.15. The first-order chi connectivity index (χ1) is 18.9. The normalized spacial score (nSPS) is 20.5. The highest BCUT2D eigenvalue weighted by Gasteiger charge is 2.33. The summed E-state index contributed by atoms with van der Waals surface area (Å²) in [5.41, 5.74) is 3.51. The third-order valence-electron chi connectivity index (χ3n) is 7.15. The number of nitrogens with one attached hydrogen (secondary N) is 3. The average molecular weight is 548 g/mol. The number of benzene rings is 2. The number of likely N-dealkylation sites (tertiary alicyclic amines) is 1. The Labute approximate surface area is 231 Å². The Morgan fingerprint density at radius 3 is 2.85 bits per heavy atom. The molecule has 2 bridgehead atoms. The fraction of sp³-hybridized carbons (Fsp3) is 0.310. The van der Waals surface area contributed by atoms with Crippen LogP contribution in [0.4, 0.5) is 16.2 Å². The molecular formula is C29H30ClN5O4. The predicted octanol–water partition coefficient (Wildman–Crippen LogP) is 6.03. The first kappa shape index (κ1) is 26.5. The highest BCUT2D eigenvalue weighted by atomic mass is 35.5. The molecule has 39 heavy (non-hydrogen) atoms. The SMILES string of the molecule is COC(=O)Nc1ccc2c(c1)NC(=O)CC/C=C/CC(N1CCC(c3cccc(Cl)c3)CC1=O)c1ncc-2[nH]1. The van der Waals surface area contributed by atoms with Crippen molar-refractivity contribution in [1.29, 1.82) is 0 Å². The van der Waals surface area contributed by atoms with Crippen LogP contribution < -0.4 is 10.6 Å². The number of H-pyrrole nitrogens is 1. The van der Waals surface area contributed by atoms with Crippen LogP contribution in [0.1, 0.15) is 55.5 Å².